The van der Waals surface area contributed by atoms with Crippen molar-refractivity contribution in [3.8, 4) is 0 Å². The summed E-state index contributed by atoms with van der Waals surface area (Å²) in [7, 11) is 1.99. The Hall–Kier alpha value is -1.62. The number of carboxylic acid groups (broad SMARTS) is 1. The summed E-state index contributed by atoms with van der Waals surface area (Å²) in [6.07, 6.45) is 3.57. The topological polar surface area (TPSA) is 62.7 Å². The van der Waals surface area contributed by atoms with Crippen LogP contribution in [0.2, 0.25) is 0 Å². The number of rotatable bonds is 8. The van der Waals surface area contributed by atoms with Crippen molar-refractivity contribution in [3.63, 3.8) is 0 Å². The number of carboxylic acids is 1. The van der Waals surface area contributed by atoms with E-state index in [1.165, 1.54) is 0 Å². The van der Waals surface area contributed by atoms with Gasteiger partial charge in [0.1, 0.15) is 12.4 Å². The van der Waals surface area contributed by atoms with Gasteiger partial charge in [-0.2, -0.15) is 0 Å². The van der Waals surface area contributed by atoms with E-state index >= 15 is 0 Å². The third-order valence-corrected chi connectivity index (χ3v) is 2.30. The molecule has 17 heavy (non-hydrogen) atoms. The van der Waals surface area contributed by atoms with Crippen molar-refractivity contribution in [3.05, 3.63) is 24.4 Å². The fourth-order valence-electron chi connectivity index (χ4n) is 1.41. The first-order valence-corrected chi connectivity index (χ1v) is 5.62. The van der Waals surface area contributed by atoms with Gasteiger partial charge in [0.05, 0.1) is 0 Å². The number of ether oxygens (including phenoxy) is 1. The van der Waals surface area contributed by atoms with E-state index in [0.717, 1.165) is 25.2 Å². The van der Waals surface area contributed by atoms with Crippen LogP contribution in [0.5, 0.6) is 0 Å². The lowest BCUT2D eigenvalue weighted by molar-refractivity contribution is -0.142. The van der Waals surface area contributed by atoms with Crippen LogP contribution < -0.4 is 4.90 Å². The van der Waals surface area contributed by atoms with Gasteiger partial charge >= 0.3 is 5.97 Å². The van der Waals surface area contributed by atoms with Gasteiger partial charge in [-0.05, 0) is 25.0 Å². The lowest BCUT2D eigenvalue weighted by atomic mass is 10.3. The SMILES string of the molecule is CN(CCCCOCC(=O)O)c1ccccn1. The predicted molar refractivity (Wildman–Crippen MR) is 65.2 cm³/mol. The molecule has 5 nitrogen and oxygen atoms in total. The zero-order valence-electron chi connectivity index (χ0n) is 10.0. The maximum absolute atomic E-state index is 10.2. The number of hydrogen-bond acceptors (Lipinski definition) is 4. The Balaban J connectivity index is 2.09. The number of aromatic nitrogens is 1. The first-order chi connectivity index (χ1) is 8.20. The van der Waals surface area contributed by atoms with Crippen molar-refractivity contribution in [2.75, 3.05) is 31.7 Å². The van der Waals surface area contributed by atoms with Crippen LogP contribution in [-0.4, -0.2) is 42.9 Å². The van der Waals surface area contributed by atoms with E-state index in [1.54, 1.807) is 6.20 Å². The van der Waals surface area contributed by atoms with E-state index in [0.29, 0.717) is 6.61 Å². The Morgan fingerprint density at radius 2 is 2.29 bits per heavy atom. The summed E-state index contributed by atoms with van der Waals surface area (Å²) in [5.41, 5.74) is 0. The molecule has 1 N–H and O–H groups in total. The molecule has 1 aromatic heterocycles. The molecule has 0 aromatic carbocycles. The Morgan fingerprint density at radius 3 is 2.94 bits per heavy atom. The molecule has 0 bridgehead atoms. The van der Waals surface area contributed by atoms with Gasteiger partial charge in [0, 0.05) is 26.4 Å². The molecule has 0 spiro atoms. The van der Waals surface area contributed by atoms with Crippen LogP contribution in [0.4, 0.5) is 5.82 Å². The second-order valence-corrected chi connectivity index (χ2v) is 3.76. The summed E-state index contributed by atoms with van der Waals surface area (Å²) < 4.78 is 4.95. The first kappa shape index (κ1) is 13.4. The molecule has 0 fully saturated rings. The summed E-state index contributed by atoms with van der Waals surface area (Å²) in [4.78, 5) is 16.5. The minimum absolute atomic E-state index is 0.212. The van der Waals surface area contributed by atoms with Crippen molar-refractivity contribution < 1.29 is 14.6 Å². The van der Waals surface area contributed by atoms with Gasteiger partial charge in [0.25, 0.3) is 0 Å². The standard InChI is InChI=1S/C12H18N2O3/c1-14(11-6-2-3-7-13-11)8-4-5-9-17-10-12(15)16/h2-3,6-7H,4-5,8-10H2,1H3,(H,15,16). The molecule has 94 valence electrons. The summed E-state index contributed by atoms with van der Waals surface area (Å²) in [5, 5.41) is 8.37. The number of hydrogen-bond donors (Lipinski definition) is 1. The molecule has 5 heteroatoms. The zero-order valence-corrected chi connectivity index (χ0v) is 10.0. The smallest absolute Gasteiger partial charge is 0.329 e. The van der Waals surface area contributed by atoms with E-state index in [1.807, 2.05) is 25.2 Å². The van der Waals surface area contributed by atoms with Crippen molar-refractivity contribution >= 4 is 11.8 Å². The summed E-state index contributed by atoms with van der Waals surface area (Å²) in [5.74, 6) is 0.0227. The third-order valence-electron chi connectivity index (χ3n) is 2.30. The molecule has 0 aliphatic rings. The molecule has 0 atom stereocenters. The van der Waals surface area contributed by atoms with Crippen molar-refractivity contribution in [1.82, 2.24) is 4.98 Å². The lowest BCUT2D eigenvalue weighted by Gasteiger charge is -2.17. The minimum Gasteiger partial charge on any atom is -0.480 e. The zero-order chi connectivity index (χ0) is 12.5. The molecule has 1 aromatic rings. The molecule has 0 saturated carbocycles. The molecule has 0 aliphatic heterocycles. The van der Waals surface area contributed by atoms with Crippen LogP contribution in [-0.2, 0) is 9.53 Å². The van der Waals surface area contributed by atoms with Crippen LogP contribution in [0.15, 0.2) is 24.4 Å². The predicted octanol–water partition coefficient (Wildman–Crippen LogP) is 1.40. The van der Waals surface area contributed by atoms with Gasteiger partial charge in [-0.3, -0.25) is 0 Å². The highest BCUT2D eigenvalue weighted by Gasteiger charge is 2.01. The Morgan fingerprint density at radius 1 is 1.47 bits per heavy atom. The third kappa shape index (κ3) is 5.87. The van der Waals surface area contributed by atoms with Crippen molar-refractivity contribution in [1.29, 1.82) is 0 Å². The number of pyridine rings is 1. The average Bonchev–Trinajstić information content (AvgIpc) is 2.34. The summed E-state index contributed by atoms with van der Waals surface area (Å²) >= 11 is 0. The van der Waals surface area contributed by atoms with Crippen LogP contribution in [0.3, 0.4) is 0 Å². The summed E-state index contributed by atoms with van der Waals surface area (Å²) in [6.45, 7) is 1.16. The molecular weight excluding hydrogens is 220 g/mol. The number of anilines is 1. The Labute approximate surface area is 101 Å². The number of nitrogens with zero attached hydrogens (tertiary/aromatic N) is 2. The van der Waals surface area contributed by atoms with Gasteiger partial charge in [-0.1, -0.05) is 6.07 Å². The van der Waals surface area contributed by atoms with E-state index < -0.39 is 5.97 Å². The second-order valence-electron chi connectivity index (χ2n) is 3.76. The van der Waals surface area contributed by atoms with Crippen LogP contribution in [0.25, 0.3) is 0 Å². The maximum atomic E-state index is 10.2. The Kier molecular flexibility index (Phi) is 6.03. The van der Waals surface area contributed by atoms with E-state index in [2.05, 4.69) is 9.88 Å². The molecule has 1 rings (SSSR count). The molecule has 0 unspecified atom stereocenters. The molecule has 0 saturated heterocycles. The fourth-order valence-corrected chi connectivity index (χ4v) is 1.41. The average molecular weight is 238 g/mol. The van der Waals surface area contributed by atoms with Gasteiger partial charge in [0.2, 0.25) is 0 Å². The van der Waals surface area contributed by atoms with E-state index in [-0.39, 0.29) is 6.61 Å². The van der Waals surface area contributed by atoms with E-state index in [4.69, 9.17) is 9.84 Å². The van der Waals surface area contributed by atoms with Gasteiger partial charge in [-0.25, -0.2) is 9.78 Å². The van der Waals surface area contributed by atoms with Crippen molar-refractivity contribution in [2.45, 2.75) is 12.8 Å². The van der Waals surface area contributed by atoms with Crippen LogP contribution >= 0.6 is 0 Å². The van der Waals surface area contributed by atoms with Gasteiger partial charge in [0.15, 0.2) is 0 Å². The van der Waals surface area contributed by atoms with E-state index in [9.17, 15) is 4.79 Å². The highest BCUT2D eigenvalue weighted by molar-refractivity contribution is 5.67. The number of aliphatic carboxylic acids is 1. The normalized spacial score (nSPS) is 10.2. The van der Waals surface area contributed by atoms with Gasteiger partial charge in [-0.15, -0.1) is 0 Å². The fraction of sp³-hybridized carbons (Fsp3) is 0.500. The lowest BCUT2D eigenvalue weighted by Crippen LogP contribution is -2.20. The molecule has 1 heterocycles. The number of unbranched alkanes of at least 4 members (excludes halogenated alkanes) is 1. The Bertz CT molecular complexity index is 330. The first-order valence-electron chi connectivity index (χ1n) is 5.62. The molecule has 0 amide bonds. The highest BCUT2D eigenvalue weighted by atomic mass is 16.5. The number of carbonyl (C=O) groups is 1. The van der Waals surface area contributed by atoms with Crippen LogP contribution in [0.1, 0.15) is 12.8 Å². The molecule has 0 radical (unpaired) electrons. The monoisotopic (exact) mass is 238 g/mol. The van der Waals surface area contributed by atoms with Gasteiger partial charge < -0.3 is 14.7 Å². The minimum atomic E-state index is -0.921. The maximum Gasteiger partial charge on any atom is 0.329 e. The molecule has 0 aliphatic carbocycles. The summed E-state index contributed by atoms with van der Waals surface area (Å²) in [6, 6.07) is 5.80. The molecular formula is C12H18N2O3. The second kappa shape index (κ2) is 7.62. The largest absolute Gasteiger partial charge is 0.480 e. The highest BCUT2D eigenvalue weighted by Crippen LogP contribution is 2.07. The van der Waals surface area contributed by atoms with Crippen molar-refractivity contribution in [2.24, 2.45) is 0 Å². The quantitative estimate of drug-likeness (QED) is 0.693. The van der Waals surface area contributed by atoms with Crippen LogP contribution in [0, 0.1) is 0 Å².